The molecule has 5 aromatic rings. The molecule has 0 saturated carbocycles. The van der Waals surface area contributed by atoms with E-state index in [1.54, 1.807) is 43.5 Å². The van der Waals surface area contributed by atoms with Crippen LogP contribution in [0.25, 0.3) is 16.6 Å². The van der Waals surface area contributed by atoms with E-state index in [0.29, 0.717) is 28.0 Å². The molecular formula is C31H25NO5. The van der Waals surface area contributed by atoms with Crippen LogP contribution in [-0.2, 0) is 4.79 Å². The second kappa shape index (κ2) is 10.4. The Morgan fingerprint density at radius 2 is 1.41 bits per heavy atom. The fraction of sp³-hybridized carbons (Fsp3) is 0.0968. The summed E-state index contributed by atoms with van der Waals surface area (Å²) in [6, 6.07) is 31.2. The normalized spacial score (nSPS) is 10.8. The lowest BCUT2D eigenvalue weighted by atomic mass is 10.0. The average molecular weight is 492 g/mol. The van der Waals surface area contributed by atoms with Gasteiger partial charge in [0, 0.05) is 22.3 Å². The number of esters is 1. The van der Waals surface area contributed by atoms with E-state index in [4.69, 9.17) is 14.2 Å². The van der Waals surface area contributed by atoms with E-state index < -0.39 is 5.97 Å². The number of ether oxygens (including phenoxy) is 3. The summed E-state index contributed by atoms with van der Waals surface area (Å²) in [4.78, 5) is 26.1. The van der Waals surface area contributed by atoms with Crippen molar-refractivity contribution in [3.05, 3.63) is 120 Å². The summed E-state index contributed by atoms with van der Waals surface area (Å²) in [5.74, 6) is 1.02. The Kier molecular flexibility index (Phi) is 6.72. The van der Waals surface area contributed by atoms with Gasteiger partial charge in [-0.1, -0.05) is 48.5 Å². The number of carbonyl (C=O) groups is 2. The van der Waals surface area contributed by atoms with E-state index in [0.717, 1.165) is 22.6 Å². The SMILES string of the molecule is COc1ccc(-n2c(C)c(C(=O)c3ccccc3)c3cc(OC(=O)COc4ccccc4)ccc32)cc1. The molecule has 0 fully saturated rings. The zero-order valence-electron chi connectivity index (χ0n) is 20.5. The third kappa shape index (κ3) is 4.95. The Hall–Kier alpha value is -4.84. The first-order chi connectivity index (χ1) is 18.0. The van der Waals surface area contributed by atoms with Crippen molar-refractivity contribution in [2.75, 3.05) is 13.7 Å². The van der Waals surface area contributed by atoms with Crippen molar-refractivity contribution in [3.63, 3.8) is 0 Å². The predicted octanol–water partition coefficient (Wildman–Crippen LogP) is 6.16. The summed E-state index contributed by atoms with van der Waals surface area (Å²) >= 11 is 0. The molecule has 0 amide bonds. The van der Waals surface area contributed by atoms with Gasteiger partial charge in [0.2, 0.25) is 0 Å². The summed E-state index contributed by atoms with van der Waals surface area (Å²) in [5, 5.41) is 0.691. The van der Waals surface area contributed by atoms with E-state index in [9.17, 15) is 9.59 Å². The fourth-order valence-electron chi connectivity index (χ4n) is 4.37. The highest BCUT2D eigenvalue weighted by molar-refractivity contribution is 6.18. The molecule has 1 aromatic heterocycles. The molecule has 0 unspecified atom stereocenters. The van der Waals surface area contributed by atoms with Gasteiger partial charge >= 0.3 is 5.97 Å². The van der Waals surface area contributed by atoms with Gasteiger partial charge in [0.15, 0.2) is 12.4 Å². The second-order valence-corrected chi connectivity index (χ2v) is 8.44. The number of rotatable bonds is 8. The molecule has 6 heteroatoms. The smallest absolute Gasteiger partial charge is 0.349 e. The average Bonchev–Trinajstić information content (AvgIpc) is 3.23. The van der Waals surface area contributed by atoms with Gasteiger partial charge in [-0.15, -0.1) is 0 Å². The second-order valence-electron chi connectivity index (χ2n) is 8.44. The Bertz CT molecular complexity index is 1550. The monoisotopic (exact) mass is 491 g/mol. The van der Waals surface area contributed by atoms with Gasteiger partial charge in [0.1, 0.15) is 17.2 Å². The van der Waals surface area contributed by atoms with E-state index in [1.807, 2.05) is 78.2 Å². The molecule has 4 aromatic carbocycles. The van der Waals surface area contributed by atoms with Gasteiger partial charge < -0.3 is 18.8 Å². The molecule has 5 rings (SSSR count). The minimum absolute atomic E-state index is 0.105. The van der Waals surface area contributed by atoms with Gasteiger partial charge in [-0.2, -0.15) is 0 Å². The van der Waals surface area contributed by atoms with Crippen LogP contribution in [0.2, 0.25) is 0 Å². The Labute approximate surface area is 214 Å². The highest BCUT2D eigenvalue weighted by Gasteiger charge is 2.23. The molecule has 6 nitrogen and oxygen atoms in total. The summed E-state index contributed by atoms with van der Waals surface area (Å²) in [5.41, 5.74) is 3.62. The van der Waals surface area contributed by atoms with Crippen molar-refractivity contribution < 1.29 is 23.8 Å². The summed E-state index contributed by atoms with van der Waals surface area (Å²) in [7, 11) is 1.62. The molecule has 0 N–H and O–H groups in total. The van der Waals surface area contributed by atoms with Crippen LogP contribution in [-0.4, -0.2) is 30.0 Å². The van der Waals surface area contributed by atoms with Crippen molar-refractivity contribution in [2.45, 2.75) is 6.92 Å². The number of hydrogen-bond acceptors (Lipinski definition) is 5. The largest absolute Gasteiger partial charge is 0.497 e. The Morgan fingerprint density at radius 1 is 0.757 bits per heavy atom. The number of nitrogens with zero attached hydrogens (tertiary/aromatic N) is 1. The van der Waals surface area contributed by atoms with Crippen molar-refractivity contribution in [1.29, 1.82) is 0 Å². The summed E-state index contributed by atoms with van der Waals surface area (Å²) < 4.78 is 18.4. The zero-order chi connectivity index (χ0) is 25.8. The number of hydrogen-bond donors (Lipinski definition) is 0. The van der Waals surface area contributed by atoms with Gasteiger partial charge in [-0.25, -0.2) is 4.79 Å². The van der Waals surface area contributed by atoms with Crippen LogP contribution in [0, 0.1) is 6.92 Å². The lowest BCUT2D eigenvalue weighted by Gasteiger charge is -2.10. The Morgan fingerprint density at radius 3 is 2.08 bits per heavy atom. The van der Waals surface area contributed by atoms with E-state index >= 15 is 0 Å². The molecule has 37 heavy (non-hydrogen) atoms. The van der Waals surface area contributed by atoms with Crippen molar-refractivity contribution in [3.8, 4) is 22.9 Å². The standard InChI is InChI=1S/C31H25NO5/c1-21-30(31(34)22-9-5-3-6-10-22)27-19-26(37-29(33)20-36-25-11-7-4-8-12-25)17-18-28(27)32(21)23-13-15-24(35-2)16-14-23/h3-19H,20H2,1-2H3. The minimum atomic E-state index is -0.537. The van der Waals surface area contributed by atoms with Gasteiger partial charge in [0.25, 0.3) is 0 Å². The highest BCUT2D eigenvalue weighted by atomic mass is 16.6. The maximum atomic E-state index is 13.7. The topological polar surface area (TPSA) is 66.8 Å². The molecule has 0 bridgehead atoms. The van der Waals surface area contributed by atoms with Crippen LogP contribution in [0.5, 0.6) is 17.2 Å². The molecule has 0 spiro atoms. The van der Waals surface area contributed by atoms with Gasteiger partial charge in [-0.05, 0) is 61.5 Å². The molecule has 0 aliphatic heterocycles. The van der Waals surface area contributed by atoms with Crippen molar-refractivity contribution >= 4 is 22.7 Å². The highest BCUT2D eigenvalue weighted by Crippen LogP contribution is 2.34. The summed E-state index contributed by atoms with van der Waals surface area (Å²) in [6.45, 7) is 1.68. The molecule has 0 radical (unpaired) electrons. The van der Waals surface area contributed by atoms with E-state index in [2.05, 4.69) is 0 Å². The molecule has 0 aliphatic rings. The maximum absolute atomic E-state index is 13.7. The van der Waals surface area contributed by atoms with Gasteiger partial charge in [-0.3, -0.25) is 4.79 Å². The quantitative estimate of drug-likeness (QED) is 0.148. The van der Waals surface area contributed by atoms with Crippen LogP contribution < -0.4 is 14.2 Å². The van der Waals surface area contributed by atoms with Crippen LogP contribution in [0.3, 0.4) is 0 Å². The van der Waals surface area contributed by atoms with E-state index in [1.165, 1.54) is 0 Å². The van der Waals surface area contributed by atoms with Crippen LogP contribution in [0.15, 0.2) is 103 Å². The predicted molar refractivity (Wildman–Crippen MR) is 142 cm³/mol. The van der Waals surface area contributed by atoms with Crippen molar-refractivity contribution in [2.24, 2.45) is 0 Å². The molecular weight excluding hydrogens is 466 g/mol. The van der Waals surface area contributed by atoms with Crippen molar-refractivity contribution in [1.82, 2.24) is 4.57 Å². The number of aromatic nitrogens is 1. The number of para-hydroxylation sites is 1. The minimum Gasteiger partial charge on any atom is -0.497 e. The zero-order valence-corrected chi connectivity index (χ0v) is 20.5. The fourth-order valence-corrected chi connectivity index (χ4v) is 4.37. The number of methoxy groups -OCH3 is 1. The first-order valence-corrected chi connectivity index (χ1v) is 11.8. The van der Waals surface area contributed by atoms with Crippen LogP contribution in [0.1, 0.15) is 21.6 Å². The summed E-state index contributed by atoms with van der Waals surface area (Å²) in [6.07, 6.45) is 0. The van der Waals surface area contributed by atoms with Crippen LogP contribution in [0.4, 0.5) is 0 Å². The Balaban J connectivity index is 1.53. The third-order valence-corrected chi connectivity index (χ3v) is 6.10. The third-order valence-electron chi connectivity index (χ3n) is 6.10. The van der Waals surface area contributed by atoms with E-state index in [-0.39, 0.29) is 12.4 Å². The molecule has 0 atom stereocenters. The lowest BCUT2D eigenvalue weighted by Crippen LogP contribution is -2.17. The lowest BCUT2D eigenvalue weighted by molar-refractivity contribution is -0.136. The maximum Gasteiger partial charge on any atom is 0.349 e. The van der Waals surface area contributed by atoms with Crippen LogP contribution >= 0.6 is 0 Å². The molecule has 0 saturated heterocycles. The molecule has 1 heterocycles. The number of fused-ring (bicyclic) bond motifs is 1. The van der Waals surface area contributed by atoms with Gasteiger partial charge in [0.05, 0.1) is 18.2 Å². The first kappa shape index (κ1) is 23.9. The molecule has 184 valence electrons. The number of ketones is 1. The molecule has 0 aliphatic carbocycles. The first-order valence-electron chi connectivity index (χ1n) is 11.8. The number of carbonyl (C=O) groups excluding carboxylic acids is 2. The number of benzene rings is 4.